The van der Waals surface area contributed by atoms with Crippen LogP contribution in [0.25, 0.3) is 0 Å². The van der Waals surface area contributed by atoms with Gasteiger partial charge in [0.15, 0.2) is 0 Å². The van der Waals surface area contributed by atoms with Crippen LogP contribution in [-0.2, 0) is 9.53 Å². The van der Waals surface area contributed by atoms with E-state index in [1.807, 2.05) is 18.2 Å². The zero-order valence-electron chi connectivity index (χ0n) is 20.5. The molecule has 2 heteroatoms. The number of hydrogen-bond acceptors (Lipinski definition) is 2. The highest BCUT2D eigenvalue weighted by Crippen LogP contribution is 2.13. The molecule has 0 spiro atoms. The van der Waals surface area contributed by atoms with Crippen LogP contribution >= 0.6 is 0 Å². The highest BCUT2D eigenvalue weighted by molar-refractivity contribution is 5.89. The zero-order chi connectivity index (χ0) is 22.8. The smallest absolute Gasteiger partial charge is 0.334 e. The van der Waals surface area contributed by atoms with Gasteiger partial charge in [-0.05, 0) is 86.1 Å². The molecular weight excluding hydrogens is 368 g/mol. The van der Waals surface area contributed by atoms with Crippen molar-refractivity contribution in [1.82, 2.24) is 0 Å². The molecule has 2 nitrogen and oxygen atoms in total. The van der Waals surface area contributed by atoms with Gasteiger partial charge >= 0.3 is 5.97 Å². The molecule has 0 aromatic heterocycles. The van der Waals surface area contributed by atoms with E-state index in [0.717, 1.165) is 38.5 Å². The third kappa shape index (κ3) is 16.8. The largest absolute Gasteiger partial charge is 0.458 e. The fourth-order valence-electron chi connectivity index (χ4n) is 2.68. The molecule has 0 amide bonds. The summed E-state index contributed by atoms with van der Waals surface area (Å²) in [6, 6.07) is 0. The van der Waals surface area contributed by atoms with Crippen LogP contribution in [0.5, 0.6) is 0 Å². The van der Waals surface area contributed by atoms with Crippen molar-refractivity contribution in [2.45, 2.75) is 93.4 Å². The minimum Gasteiger partial charge on any atom is -0.458 e. The van der Waals surface area contributed by atoms with Gasteiger partial charge in [0, 0.05) is 5.57 Å². The minimum atomic E-state index is -0.224. The van der Waals surface area contributed by atoms with E-state index in [-0.39, 0.29) is 5.97 Å². The van der Waals surface area contributed by atoms with Gasteiger partial charge in [0.1, 0.15) is 6.61 Å². The third-order valence-corrected chi connectivity index (χ3v) is 4.65. The van der Waals surface area contributed by atoms with Crippen LogP contribution in [0.4, 0.5) is 0 Å². The minimum absolute atomic E-state index is 0.224. The fourth-order valence-corrected chi connectivity index (χ4v) is 2.68. The average molecular weight is 413 g/mol. The average Bonchev–Trinajstić information content (AvgIpc) is 2.66. The van der Waals surface area contributed by atoms with Crippen molar-refractivity contribution in [2.75, 3.05) is 6.61 Å². The van der Waals surface area contributed by atoms with Crippen molar-refractivity contribution >= 4 is 5.97 Å². The van der Waals surface area contributed by atoms with Gasteiger partial charge in [-0.25, -0.2) is 4.79 Å². The molecular formula is C28H44O2. The predicted molar refractivity (Wildman–Crippen MR) is 133 cm³/mol. The topological polar surface area (TPSA) is 26.3 Å². The second-order valence-electron chi connectivity index (χ2n) is 8.45. The van der Waals surface area contributed by atoms with Gasteiger partial charge in [-0.2, -0.15) is 0 Å². The Hall–Kier alpha value is -2.09. The Morgan fingerprint density at radius 1 is 0.767 bits per heavy atom. The monoisotopic (exact) mass is 412 g/mol. The second-order valence-corrected chi connectivity index (χ2v) is 8.45. The quantitative estimate of drug-likeness (QED) is 0.124. The molecule has 0 fully saturated rings. The van der Waals surface area contributed by atoms with E-state index >= 15 is 0 Å². The molecule has 0 unspecified atom stereocenters. The summed E-state index contributed by atoms with van der Waals surface area (Å²) in [7, 11) is 0. The maximum Gasteiger partial charge on any atom is 0.334 e. The highest BCUT2D eigenvalue weighted by atomic mass is 16.5. The number of allylic oxidation sites excluding steroid dienone is 10. The Morgan fingerprint density at radius 2 is 1.33 bits per heavy atom. The van der Waals surface area contributed by atoms with E-state index in [4.69, 9.17) is 4.74 Å². The Labute approximate surface area is 186 Å². The standard InChI is InChI=1S/C28H44O2/c1-8-9-10-11-18-27(20-19-25(6)16-12-14-23(2)3)28(29)30-22-21-26(7)17-13-15-24(4)5/h10-11,14-15,18-19,21H,8-9,12-13,16-17,20,22H2,1-7H3/b11-10?,25-19+,26-21+,27-18?. The maximum absolute atomic E-state index is 12.6. The third-order valence-electron chi connectivity index (χ3n) is 4.65. The number of carbonyl (C=O) groups excluding carboxylic acids is 1. The molecule has 0 aromatic rings. The summed E-state index contributed by atoms with van der Waals surface area (Å²) in [6.45, 7) is 15.2. The molecule has 0 heterocycles. The molecule has 0 aliphatic heterocycles. The summed E-state index contributed by atoms with van der Waals surface area (Å²) in [5, 5.41) is 0. The number of ether oxygens (including phenoxy) is 1. The van der Waals surface area contributed by atoms with Crippen LogP contribution in [0.15, 0.2) is 70.4 Å². The maximum atomic E-state index is 12.6. The molecule has 0 saturated heterocycles. The first kappa shape index (κ1) is 27.9. The molecule has 0 rings (SSSR count). The lowest BCUT2D eigenvalue weighted by Crippen LogP contribution is -2.08. The van der Waals surface area contributed by atoms with E-state index in [0.29, 0.717) is 18.6 Å². The van der Waals surface area contributed by atoms with E-state index in [2.05, 4.69) is 72.8 Å². The van der Waals surface area contributed by atoms with Gasteiger partial charge in [0.2, 0.25) is 0 Å². The van der Waals surface area contributed by atoms with Gasteiger partial charge in [0.25, 0.3) is 0 Å². The van der Waals surface area contributed by atoms with E-state index in [9.17, 15) is 4.79 Å². The Balaban J connectivity index is 4.88. The number of esters is 1. The van der Waals surface area contributed by atoms with Crippen LogP contribution in [0, 0.1) is 0 Å². The first-order valence-corrected chi connectivity index (χ1v) is 11.4. The fraction of sp³-hybridized carbons (Fsp3) is 0.536. The second kappa shape index (κ2) is 17.7. The van der Waals surface area contributed by atoms with Gasteiger partial charge in [-0.15, -0.1) is 0 Å². The van der Waals surface area contributed by atoms with Gasteiger partial charge in [-0.3, -0.25) is 0 Å². The molecule has 0 aliphatic rings. The molecule has 0 bridgehead atoms. The van der Waals surface area contributed by atoms with Crippen molar-refractivity contribution in [1.29, 1.82) is 0 Å². The summed E-state index contributed by atoms with van der Waals surface area (Å²) >= 11 is 0. The predicted octanol–water partition coefficient (Wildman–Crippen LogP) is 8.59. The van der Waals surface area contributed by atoms with E-state index in [1.165, 1.54) is 22.3 Å². The number of carbonyl (C=O) groups is 1. The summed E-state index contributed by atoms with van der Waals surface area (Å²) < 4.78 is 5.53. The number of hydrogen-bond donors (Lipinski definition) is 0. The van der Waals surface area contributed by atoms with Crippen LogP contribution in [0.2, 0.25) is 0 Å². The first-order chi connectivity index (χ1) is 14.3. The summed E-state index contributed by atoms with van der Waals surface area (Å²) in [5.74, 6) is -0.224. The number of unbranched alkanes of at least 4 members (excludes halogenated alkanes) is 1. The molecule has 0 aliphatic carbocycles. The lowest BCUT2D eigenvalue weighted by molar-refractivity contribution is -0.137. The van der Waals surface area contributed by atoms with Gasteiger partial charge in [-0.1, -0.05) is 72.1 Å². The zero-order valence-corrected chi connectivity index (χ0v) is 20.5. The van der Waals surface area contributed by atoms with Crippen molar-refractivity contribution in [3.05, 3.63) is 70.4 Å². The van der Waals surface area contributed by atoms with Crippen molar-refractivity contribution in [2.24, 2.45) is 0 Å². The Morgan fingerprint density at radius 3 is 1.87 bits per heavy atom. The normalized spacial score (nSPS) is 12.8. The number of rotatable bonds is 14. The van der Waals surface area contributed by atoms with Gasteiger partial charge < -0.3 is 4.74 Å². The van der Waals surface area contributed by atoms with Crippen molar-refractivity contribution in [3.8, 4) is 0 Å². The highest BCUT2D eigenvalue weighted by Gasteiger charge is 2.09. The van der Waals surface area contributed by atoms with Crippen LogP contribution in [0.3, 0.4) is 0 Å². The lowest BCUT2D eigenvalue weighted by Gasteiger charge is -2.07. The SMILES string of the molecule is CCCC=CC=C(C/C=C(\C)CCC=C(C)C)C(=O)OC/C=C(\C)CCC=C(C)C. The van der Waals surface area contributed by atoms with Crippen LogP contribution in [-0.4, -0.2) is 12.6 Å². The van der Waals surface area contributed by atoms with Crippen molar-refractivity contribution < 1.29 is 9.53 Å². The summed E-state index contributed by atoms with van der Waals surface area (Å²) in [6.07, 6.45) is 21.5. The molecule has 0 N–H and O–H groups in total. The summed E-state index contributed by atoms with van der Waals surface area (Å²) in [4.78, 5) is 12.6. The summed E-state index contributed by atoms with van der Waals surface area (Å²) in [5.41, 5.74) is 5.95. The van der Waals surface area contributed by atoms with Crippen molar-refractivity contribution in [3.63, 3.8) is 0 Å². The van der Waals surface area contributed by atoms with E-state index < -0.39 is 0 Å². The van der Waals surface area contributed by atoms with E-state index in [1.54, 1.807) is 0 Å². The molecule has 0 atom stereocenters. The molecule has 168 valence electrons. The molecule has 0 saturated carbocycles. The molecule has 30 heavy (non-hydrogen) atoms. The molecule has 0 radical (unpaired) electrons. The Kier molecular flexibility index (Phi) is 16.5. The van der Waals surface area contributed by atoms with Crippen LogP contribution < -0.4 is 0 Å². The lowest BCUT2D eigenvalue weighted by atomic mass is 10.1. The first-order valence-electron chi connectivity index (χ1n) is 11.4. The van der Waals surface area contributed by atoms with Crippen LogP contribution in [0.1, 0.15) is 93.4 Å². The molecule has 0 aromatic carbocycles. The Bertz CT molecular complexity index is 673. The van der Waals surface area contributed by atoms with Gasteiger partial charge in [0.05, 0.1) is 0 Å².